The van der Waals surface area contributed by atoms with Crippen LogP contribution in [0.1, 0.15) is 39.5 Å². The first-order chi connectivity index (χ1) is 7.07. The predicted molar refractivity (Wildman–Crippen MR) is 64.2 cm³/mol. The van der Waals surface area contributed by atoms with Gasteiger partial charge in [0.1, 0.15) is 0 Å². The van der Waals surface area contributed by atoms with Crippen molar-refractivity contribution in [1.82, 2.24) is 0 Å². The molecule has 2 unspecified atom stereocenters. The minimum absolute atomic E-state index is 0.0196. The van der Waals surface area contributed by atoms with Gasteiger partial charge in [-0.1, -0.05) is 32.1 Å². The van der Waals surface area contributed by atoms with Crippen molar-refractivity contribution in [3.05, 3.63) is 24.8 Å². The van der Waals surface area contributed by atoms with Gasteiger partial charge in [0.2, 0.25) is 0 Å². The lowest BCUT2D eigenvalue weighted by Gasteiger charge is -2.15. The van der Waals surface area contributed by atoms with Crippen LogP contribution in [0.4, 0.5) is 0 Å². The second-order valence-electron chi connectivity index (χ2n) is 5.31. The van der Waals surface area contributed by atoms with E-state index < -0.39 is 0 Å². The Labute approximate surface area is 93.5 Å². The number of rotatable bonds is 4. The molecule has 0 heterocycles. The highest BCUT2D eigenvalue weighted by atomic mass is 14.3. The van der Waals surface area contributed by atoms with Crippen LogP contribution in [-0.4, -0.2) is 0 Å². The number of nitrogens with zero attached hydrogens (tertiary/aromatic N) is 1. The molecule has 0 amide bonds. The fourth-order valence-electron chi connectivity index (χ4n) is 2.30. The maximum absolute atomic E-state index is 8.88. The highest BCUT2D eigenvalue weighted by Crippen LogP contribution is 2.41. The smallest absolute Gasteiger partial charge is 0.0700 e. The van der Waals surface area contributed by atoms with E-state index in [1.807, 2.05) is 6.08 Å². The van der Waals surface area contributed by atoms with Gasteiger partial charge in [0.15, 0.2) is 0 Å². The minimum Gasteiger partial charge on any atom is -0.198 e. The minimum atomic E-state index is 0.0196. The van der Waals surface area contributed by atoms with Crippen molar-refractivity contribution in [2.24, 2.45) is 17.3 Å². The van der Waals surface area contributed by atoms with Gasteiger partial charge in [0, 0.05) is 0 Å². The standard InChI is InChI=1S/C14H21N/c1-4-5-13(11-15)7-6-12-8-9-14(2,3)10-12/h4,6-7,12-13H,1,5,8-10H2,2-3H3/b7-6+. The summed E-state index contributed by atoms with van der Waals surface area (Å²) in [5.41, 5.74) is 0.496. The van der Waals surface area contributed by atoms with Crippen LogP contribution in [0.5, 0.6) is 0 Å². The average molecular weight is 203 g/mol. The van der Waals surface area contributed by atoms with Gasteiger partial charge >= 0.3 is 0 Å². The van der Waals surface area contributed by atoms with E-state index >= 15 is 0 Å². The SMILES string of the molecule is C=CCC(C#N)/C=C/C1CCC(C)(C)C1. The zero-order chi connectivity index (χ0) is 11.3. The van der Waals surface area contributed by atoms with Crippen molar-refractivity contribution >= 4 is 0 Å². The molecule has 0 aromatic rings. The summed E-state index contributed by atoms with van der Waals surface area (Å²) >= 11 is 0. The maximum atomic E-state index is 8.88. The van der Waals surface area contributed by atoms with Crippen LogP contribution >= 0.6 is 0 Å². The summed E-state index contributed by atoms with van der Waals surface area (Å²) < 4.78 is 0. The molecule has 1 rings (SSSR count). The highest BCUT2D eigenvalue weighted by Gasteiger charge is 2.29. The second-order valence-corrected chi connectivity index (χ2v) is 5.31. The molecule has 0 radical (unpaired) electrons. The van der Waals surface area contributed by atoms with Crippen LogP contribution in [-0.2, 0) is 0 Å². The van der Waals surface area contributed by atoms with Crippen molar-refractivity contribution < 1.29 is 0 Å². The van der Waals surface area contributed by atoms with E-state index in [2.05, 4.69) is 38.6 Å². The second kappa shape index (κ2) is 5.16. The zero-order valence-electron chi connectivity index (χ0n) is 9.87. The summed E-state index contributed by atoms with van der Waals surface area (Å²) in [5.74, 6) is 0.701. The third kappa shape index (κ3) is 3.91. The number of nitriles is 1. The first kappa shape index (κ1) is 12.0. The Morgan fingerprint density at radius 3 is 2.80 bits per heavy atom. The molecular weight excluding hydrogens is 182 g/mol. The highest BCUT2D eigenvalue weighted by molar-refractivity contribution is 5.05. The van der Waals surface area contributed by atoms with Gasteiger partial charge in [0.05, 0.1) is 12.0 Å². The molecule has 1 fully saturated rings. The van der Waals surface area contributed by atoms with Crippen molar-refractivity contribution in [2.75, 3.05) is 0 Å². The van der Waals surface area contributed by atoms with E-state index in [4.69, 9.17) is 5.26 Å². The Hall–Kier alpha value is -1.03. The van der Waals surface area contributed by atoms with Crippen molar-refractivity contribution in [3.8, 4) is 6.07 Å². The summed E-state index contributed by atoms with van der Waals surface area (Å²) in [4.78, 5) is 0. The summed E-state index contributed by atoms with van der Waals surface area (Å²) in [5, 5.41) is 8.88. The molecule has 0 aromatic heterocycles. The maximum Gasteiger partial charge on any atom is 0.0700 e. The third-order valence-electron chi connectivity index (χ3n) is 3.21. The molecule has 1 saturated carbocycles. The quantitative estimate of drug-likeness (QED) is 0.631. The molecule has 1 aliphatic carbocycles. The molecule has 0 aromatic carbocycles. The Bertz CT molecular complexity index is 280. The summed E-state index contributed by atoms with van der Waals surface area (Å²) in [6.45, 7) is 8.32. The van der Waals surface area contributed by atoms with Crippen molar-refractivity contribution in [3.63, 3.8) is 0 Å². The number of allylic oxidation sites excluding steroid dienone is 3. The van der Waals surface area contributed by atoms with Crippen LogP contribution < -0.4 is 0 Å². The topological polar surface area (TPSA) is 23.8 Å². The molecule has 1 nitrogen and oxygen atoms in total. The van der Waals surface area contributed by atoms with E-state index in [1.54, 1.807) is 0 Å². The van der Waals surface area contributed by atoms with E-state index in [0.29, 0.717) is 11.3 Å². The lowest BCUT2D eigenvalue weighted by molar-refractivity contribution is 0.372. The zero-order valence-corrected chi connectivity index (χ0v) is 9.87. The van der Waals surface area contributed by atoms with Gasteiger partial charge in [0.25, 0.3) is 0 Å². The Morgan fingerprint density at radius 1 is 1.60 bits per heavy atom. The summed E-state index contributed by atoms with van der Waals surface area (Å²) in [7, 11) is 0. The third-order valence-corrected chi connectivity index (χ3v) is 3.21. The fraction of sp³-hybridized carbons (Fsp3) is 0.643. The molecule has 15 heavy (non-hydrogen) atoms. The molecule has 0 saturated heterocycles. The Kier molecular flexibility index (Phi) is 4.15. The van der Waals surface area contributed by atoms with Gasteiger partial charge in [-0.05, 0) is 37.0 Å². The van der Waals surface area contributed by atoms with E-state index in [-0.39, 0.29) is 5.92 Å². The van der Waals surface area contributed by atoms with Crippen LogP contribution in [0, 0.1) is 28.6 Å². The molecule has 0 aliphatic heterocycles. The number of hydrogen-bond acceptors (Lipinski definition) is 1. The van der Waals surface area contributed by atoms with Crippen molar-refractivity contribution in [1.29, 1.82) is 5.26 Å². The predicted octanol–water partition coefficient (Wildman–Crippen LogP) is 4.08. The average Bonchev–Trinajstić information content (AvgIpc) is 2.53. The van der Waals surface area contributed by atoms with Gasteiger partial charge in [-0.3, -0.25) is 0 Å². The normalized spacial score (nSPS) is 26.3. The fourth-order valence-corrected chi connectivity index (χ4v) is 2.30. The first-order valence-electron chi connectivity index (χ1n) is 5.76. The van der Waals surface area contributed by atoms with Crippen LogP contribution in [0.25, 0.3) is 0 Å². The molecule has 2 atom stereocenters. The number of hydrogen-bond donors (Lipinski definition) is 0. The monoisotopic (exact) mass is 203 g/mol. The van der Waals surface area contributed by atoms with E-state index in [0.717, 1.165) is 6.42 Å². The lowest BCUT2D eigenvalue weighted by Crippen LogP contribution is -2.04. The summed E-state index contributed by atoms with van der Waals surface area (Å²) in [6.07, 6.45) is 10.7. The van der Waals surface area contributed by atoms with Crippen LogP contribution in [0.3, 0.4) is 0 Å². The molecule has 82 valence electrons. The lowest BCUT2D eigenvalue weighted by atomic mass is 9.90. The van der Waals surface area contributed by atoms with Gasteiger partial charge in [-0.15, -0.1) is 6.58 Å². The van der Waals surface area contributed by atoms with Gasteiger partial charge in [-0.2, -0.15) is 5.26 Å². The van der Waals surface area contributed by atoms with Gasteiger partial charge in [-0.25, -0.2) is 0 Å². The van der Waals surface area contributed by atoms with Gasteiger partial charge < -0.3 is 0 Å². The Morgan fingerprint density at radius 2 is 2.33 bits per heavy atom. The Balaban J connectivity index is 2.45. The van der Waals surface area contributed by atoms with E-state index in [1.165, 1.54) is 19.3 Å². The molecular formula is C14H21N. The summed E-state index contributed by atoms with van der Waals surface area (Å²) in [6, 6.07) is 2.29. The van der Waals surface area contributed by atoms with Crippen molar-refractivity contribution in [2.45, 2.75) is 39.5 Å². The molecule has 0 spiro atoms. The molecule has 1 heteroatoms. The molecule has 1 aliphatic rings. The largest absolute Gasteiger partial charge is 0.198 e. The first-order valence-corrected chi connectivity index (χ1v) is 5.76. The van der Waals surface area contributed by atoms with E-state index in [9.17, 15) is 0 Å². The van der Waals surface area contributed by atoms with Crippen LogP contribution in [0.2, 0.25) is 0 Å². The molecule has 0 bridgehead atoms. The van der Waals surface area contributed by atoms with Crippen LogP contribution in [0.15, 0.2) is 24.8 Å². The molecule has 0 N–H and O–H groups in total.